The first-order valence-electron chi connectivity index (χ1n) is 6.70. The van der Waals surface area contributed by atoms with E-state index in [-0.39, 0.29) is 25.2 Å². The molecule has 0 aromatic heterocycles. The topological polar surface area (TPSA) is 79.8 Å². The van der Waals surface area contributed by atoms with Gasteiger partial charge in [0.1, 0.15) is 6.61 Å². The van der Waals surface area contributed by atoms with Crippen molar-refractivity contribution < 1.29 is 19.4 Å². The van der Waals surface area contributed by atoms with Crippen LogP contribution < -0.4 is 20.1 Å². The zero-order valence-corrected chi connectivity index (χ0v) is 11.5. The molecular weight excluding hydrogens is 260 g/mol. The minimum Gasteiger partial charge on any atom is -0.493 e. The smallest absolute Gasteiger partial charge is 0.241 e. The molecule has 20 heavy (non-hydrogen) atoms. The third-order valence-corrected chi connectivity index (χ3v) is 3.16. The Kier molecular flexibility index (Phi) is 5.20. The maximum atomic E-state index is 12.0. The van der Waals surface area contributed by atoms with Crippen molar-refractivity contribution in [3.8, 4) is 11.5 Å². The van der Waals surface area contributed by atoms with Crippen LogP contribution >= 0.6 is 0 Å². The molecule has 1 heterocycles. The molecule has 1 aromatic carbocycles. The molecule has 6 heteroatoms. The highest BCUT2D eigenvalue weighted by atomic mass is 16.5. The third-order valence-electron chi connectivity index (χ3n) is 3.16. The largest absolute Gasteiger partial charge is 0.493 e. The van der Waals surface area contributed by atoms with E-state index in [2.05, 4.69) is 10.6 Å². The molecule has 0 aliphatic carbocycles. The summed E-state index contributed by atoms with van der Waals surface area (Å²) in [6.45, 7) is 0.981. The fourth-order valence-electron chi connectivity index (χ4n) is 2.16. The Morgan fingerprint density at radius 2 is 2.35 bits per heavy atom. The first kappa shape index (κ1) is 14.6. The van der Waals surface area contributed by atoms with Crippen molar-refractivity contribution in [1.29, 1.82) is 0 Å². The molecule has 1 amide bonds. The number of ether oxygens (including phenoxy) is 2. The average molecular weight is 280 g/mol. The Bertz CT molecular complexity index is 458. The van der Waals surface area contributed by atoms with E-state index in [0.29, 0.717) is 17.2 Å². The van der Waals surface area contributed by atoms with Gasteiger partial charge in [0, 0.05) is 11.8 Å². The van der Waals surface area contributed by atoms with Gasteiger partial charge in [0.2, 0.25) is 5.91 Å². The Hall–Kier alpha value is -1.79. The molecule has 2 rings (SSSR count). The van der Waals surface area contributed by atoms with E-state index in [9.17, 15) is 4.79 Å². The van der Waals surface area contributed by atoms with Crippen molar-refractivity contribution in [3.05, 3.63) is 18.2 Å². The fourth-order valence-corrected chi connectivity index (χ4v) is 2.16. The van der Waals surface area contributed by atoms with Gasteiger partial charge in [-0.15, -0.1) is 0 Å². The Morgan fingerprint density at radius 3 is 3.00 bits per heavy atom. The molecule has 1 aromatic rings. The summed E-state index contributed by atoms with van der Waals surface area (Å²) in [4.78, 5) is 12.0. The van der Waals surface area contributed by atoms with E-state index < -0.39 is 0 Å². The standard InChI is InChI=1S/C14H20N2O4/c1-19-12-5-4-10(9-13(12)20-8-7-17)16-14(18)11-3-2-6-15-11/h4-5,9,11,15,17H,2-3,6-8H2,1H3,(H,16,18). The third kappa shape index (κ3) is 3.61. The Morgan fingerprint density at radius 1 is 1.50 bits per heavy atom. The van der Waals surface area contributed by atoms with Crippen LogP contribution in [0.3, 0.4) is 0 Å². The van der Waals surface area contributed by atoms with E-state index in [1.54, 1.807) is 25.3 Å². The summed E-state index contributed by atoms with van der Waals surface area (Å²) in [6.07, 6.45) is 1.88. The summed E-state index contributed by atoms with van der Waals surface area (Å²) < 4.78 is 10.6. The van der Waals surface area contributed by atoms with Gasteiger partial charge < -0.3 is 25.2 Å². The van der Waals surface area contributed by atoms with Crippen molar-refractivity contribution >= 4 is 11.6 Å². The van der Waals surface area contributed by atoms with Gasteiger partial charge in [-0.05, 0) is 31.5 Å². The van der Waals surface area contributed by atoms with Gasteiger partial charge in [-0.2, -0.15) is 0 Å². The number of amides is 1. The van der Waals surface area contributed by atoms with Gasteiger partial charge in [0.25, 0.3) is 0 Å². The van der Waals surface area contributed by atoms with E-state index in [0.717, 1.165) is 19.4 Å². The maximum absolute atomic E-state index is 12.0. The normalized spacial score (nSPS) is 17.8. The highest BCUT2D eigenvalue weighted by Crippen LogP contribution is 2.30. The van der Waals surface area contributed by atoms with E-state index in [1.165, 1.54) is 0 Å². The van der Waals surface area contributed by atoms with Crippen molar-refractivity contribution in [2.45, 2.75) is 18.9 Å². The van der Waals surface area contributed by atoms with Crippen LogP contribution in [0.2, 0.25) is 0 Å². The van der Waals surface area contributed by atoms with Crippen molar-refractivity contribution in [3.63, 3.8) is 0 Å². The van der Waals surface area contributed by atoms with Crippen molar-refractivity contribution in [2.24, 2.45) is 0 Å². The summed E-state index contributed by atoms with van der Waals surface area (Å²) in [5.41, 5.74) is 0.650. The second kappa shape index (κ2) is 7.12. The number of anilines is 1. The summed E-state index contributed by atoms with van der Waals surface area (Å²) in [5, 5.41) is 14.8. The Balaban J connectivity index is 2.05. The summed E-state index contributed by atoms with van der Waals surface area (Å²) in [5.74, 6) is 1.02. The van der Waals surface area contributed by atoms with Crippen LogP contribution in [-0.2, 0) is 4.79 Å². The minimum atomic E-state index is -0.126. The number of carbonyl (C=O) groups is 1. The van der Waals surface area contributed by atoms with Crippen LogP contribution in [0.25, 0.3) is 0 Å². The van der Waals surface area contributed by atoms with Gasteiger partial charge in [0.05, 0.1) is 19.8 Å². The molecule has 110 valence electrons. The zero-order chi connectivity index (χ0) is 14.4. The van der Waals surface area contributed by atoms with Crippen LogP contribution in [0.5, 0.6) is 11.5 Å². The van der Waals surface area contributed by atoms with Gasteiger partial charge >= 0.3 is 0 Å². The predicted molar refractivity (Wildman–Crippen MR) is 75.2 cm³/mol. The lowest BCUT2D eigenvalue weighted by Gasteiger charge is -2.14. The number of benzene rings is 1. The number of aliphatic hydroxyl groups excluding tert-OH is 1. The van der Waals surface area contributed by atoms with Gasteiger partial charge in [0.15, 0.2) is 11.5 Å². The summed E-state index contributed by atoms with van der Waals surface area (Å²) >= 11 is 0. The molecule has 0 radical (unpaired) electrons. The van der Waals surface area contributed by atoms with Crippen LogP contribution in [0.15, 0.2) is 18.2 Å². The quantitative estimate of drug-likeness (QED) is 0.717. The number of hydrogen-bond acceptors (Lipinski definition) is 5. The molecule has 3 N–H and O–H groups in total. The zero-order valence-electron chi connectivity index (χ0n) is 11.5. The second-order valence-corrected chi connectivity index (χ2v) is 4.58. The lowest BCUT2D eigenvalue weighted by Crippen LogP contribution is -2.35. The van der Waals surface area contributed by atoms with E-state index in [4.69, 9.17) is 14.6 Å². The van der Waals surface area contributed by atoms with Gasteiger partial charge in [-0.25, -0.2) is 0 Å². The number of aliphatic hydroxyl groups is 1. The molecule has 1 fully saturated rings. The van der Waals surface area contributed by atoms with E-state index in [1.807, 2.05) is 0 Å². The highest BCUT2D eigenvalue weighted by Gasteiger charge is 2.22. The monoisotopic (exact) mass is 280 g/mol. The number of carbonyl (C=O) groups excluding carboxylic acids is 1. The molecule has 1 unspecified atom stereocenters. The molecular formula is C14H20N2O4. The first-order chi connectivity index (χ1) is 9.74. The highest BCUT2D eigenvalue weighted by molar-refractivity contribution is 5.95. The Labute approximate surface area is 118 Å². The molecule has 0 saturated carbocycles. The molecule has 0 spiro atoms. The van der Waals surface area contributed by atoms with Gasteiger partial charge in [-0.3, -0.25) is 4.79 Å². The molecule has 1 saturated heterocycles. The van der Waals surface area contributed by atoms with Gasteiger partial charge in [-0.1, -0.05) is 0 Å². The van der Waals surface area contributed by atoms with Crippen molar-refractivity contribution in [1.82, 2.24) is 5.32 Å². The SMILES string of the molecule is COc1ccc(NC(=O)C2CCCN2)cc1OCCO. The molecule has 0 bridgehead atoms. The number of methoxy groups -OCH3 is 1. The fraction of sp³-hybridized carbons (Fsp3) is 0.500. The van der Waals surface area contributed by atoms with Crippen molar-refractivity contribution in [2.75, 3.05) is 32.2 Å². The maximum Gasteiger partial charge on any atom is 0.241 e. The van der Waals surface area contributed by atoms with Crippen LogP contribution in [0.4, 0.5) is 5.69 Å². The predicted octanol–water partition coefficient (Wildman–Crippen LogP) is 0.757. The second-order valence-electron chi connectivity index (χ2n) is 4.58. The van der Waals surface area contributed by atoms with Crippen LogP contribution in [0.1, 0.15) is 12.8 Å². The molecule has 1 aliphatic heterocycles. The van der Waals surface area contributed by atoms with E-state index >= 15 is 0 Å². The number of rotatable bonds is 6. The lowest BCUT2D eigenvalue weighted by atomic mass is 10.2. The van der Waals surface area contributed by atoms with Crippen LogP contribution in [-0.4, -0.2) is 43.9 Å². The lowest BCUT2D eigenvalue weighted by molar-refractivity contribution is -0.117. The molecule has 6 nitrogen and oxygen atoms in total. The summed E-state index contributed by atoms with van der Waals surface area (Å²) in [7, 11) is 1.54. The minimum absolute atomic E-state index is 0.0409. The van der Waals surface area contributed by atoms with Crippen LogP contribution in [0, 0.1) is 0 Å². The summed E-state index contributed by atoms with van der Waals surface area (Å²) in [6, 6.07) is 5.06. The molecule has 1 atom stereocenters. The average Bonchev–Trinajstić information content (AvgIpc) is 2.99. The number of nitrogens with one attached hydrogen (secondary N) is 2. The molecule has 1 aliphatic rings. The number of hydrogen-bond donors (Lipinski definition) is 3. The first-order valence-corrected chi connectivity index (χ1v) is 6.70.